The van der Waals surface area contributed by atoms with Crippen molar-refractivity contribution in [2.75, 3.05) is 0 Å². The molecule has 2 aromatic rings. The Labute approximate surface area is 143 Å². The molecule has 2 atom stereocenters. The highest BCUT2D eigenvalue weighted by atomic mass is 32.1. The van der Waals surface area contributed by atoms with Gasteiger partial charge in [0, 0.05) is 0 Å². The maximum atomic E-state index is 12.9. The van der Waals surface area contributed by atoms with Gasteiger partial charge in [0.25, 0.3) is 11.8 Å². The molecule has 4 rings (SSSR count). The molecule has 0 bridgehead atoms. The molecule has 126 valence electrons. The van der Waals surface area contributed by atoms with Crippen LogP contribution in [-0.2, 0) is 11.3 Å². The number of thiophene rings is 1. The molecule has 2 fully saturated rings. The van der Waals surface area contributed by atoms with Gasteiger partial charge in [0.15, 0.2) is 0 Å². The standard InChI is InChI=1S/C16H18N4O3S/c1-10-5-2-3-7-16(10)14(21)20(15(22)17-16)9-12-18-19-13(23-12)11-6-4-8-24-11/h4,6,8,10H,2-3,5,7,9H2,1H3,(H,17,22)/t10-,16-/m0/s1. The Balaban J connectivity index is 1.55. The number of imide groups is 1. The van der Waals surface area contributed by atoms with E-state index in [9.17, 15) is 9.59 Å². The molecule has 3 heterocycles. The lowest BCUT2D eigenvalue weighted by Gasteiger charge is -2.36. The molecular weight excluding hydrogens is 328 g/mol. The average molecular weight is 346 g/mol. The van der Waals surface area contributed by atoms with Crippen LogP contribution < -0.4 is 5.32 Å². The van der Waals surface area contributed by atoms with Crippen LogP contribution in [0.1, 0.15) is 38.5 Å². The van der Waals surface area contributed by atoms with E-state index in [0.29, 0.717) is 12.3 Å². The molecule has 2 aromatic heterocycles. The zero-order valence-electron chi connectivity index (χ0n) is 13.3. The van der Waals surface area contributed by atoms with Crippen LogP contribution in [0, 0.1) is 5.92 Å². The van der Waals surface area contributed by atoms with Crippen LogP contribution in [0.15, 0.2) is 21.9 Å². The normalized spacial score (nSPS) is 27.0. The number of rotatable bonds is 3. The minimum absolute atomic E-state index is 0.0114. The lowest BCUT2D eigenvalue weighted by Crippen LogP contribution is -2.53. The second-order valence-electron chi connectivity index (χ2n) is 6.42. The van der Waals surface area contributed by atoms with Crippen molar-refractivity contribution in [2.45, 2.75) is 44.7 Å². The third kappa shape index (κ3) is 2.32. The van der Waals surface area contributed by atoms with Crippen LogP contribution in [0.5, 0.6) is 0 Å². The number of hydrogen-bond donors (Lipinski definition) is 1. The minimum Gasteiger partial charge on any atom is -0.418 e. The second kappa shape index (κ2) is 5.70. The van der Waals surface area contributed by atoms with Crippen LogP contribution in [0.2, 0.25) is 0 Å². The number of nitrogens with zero attached hydrogens (tertiary/aromatic N) is 3. The predicted octanol–water partition coefficient (Wildman–Crippen LogP) is 2.80. The zero-order chi connectivity index (χ0) is 16.7. The number of carbonyl (C=O) groups is 2. The zero-order valence-corrected chi connectivity index (χ0v) is 14.1. The molecule has 24 heavy (non-hydrogen) atoms. The van der Waals surface area contributed by atoms with Gasteiger partial charge >= 0.3 is 6.03 Å². The van der Waals surface area contributed by atoms with Gasteiger partial charge in [-0.1, -0.05) is 25.8 Å². The molecule has 0 unspecified atom stereocenters. The summed E-state index contributed by atoms with van der Waals surface area (Å²) in [6, 6.07) is 3.41. The van der Waals surface area contributed by atoms with E-state index in [2.05, 4.69) is 15.5 Å². The van der Waals surface area contributed by atoms with Gasteiger partial charge < -0.3 is 9.73 Å². The Morgan fingerprint density at radius 2 is 2.29 bits per heavy atom. The monoisotopic (exact) mass is 346 g/mol. The predicted molar refractivity (Wildman–Crippen MR) is 87.1 cm³/mol. The van der Waals surface area contributed by atoms with E-state index in [1.165, 1.54) is 16.2 Å². The average Bonchev–Trinajstić information content (AvgIpc) is 3.28. The van der Waals surface area contributed by atoms with Crippen LogP contribution in [0.3, 0.4) is 0 Å². The highest BCUT2D eigenvalue weighted by Gasteiger charge is 2.55. The number of nitrogens with one attached hydrogen (secondary N) is 1. The maximum absolute atomic E-state index is 12.9. The summed E-state index contributed by atoms with van der Waals surface area (Å²) in [5.74, 6) is 0.642. The topological polar surface area (TPSA) is 88.3 Å². The summed E-state index contributed by atoms with van der Waals surface area (Å²) in [5.41, 5.74) is -0.758. The highest BCUT2D eigenvalue weighted by Crippen LogP contribution is 2.38. The van der Waals surface area contributed by atoms with E-state index >= 15 is 0 Å². The van der Waals surface area contributed by atoms with Gasteiger partial charge in [-0.15, -0.1) is 21.5 Å². The SMILES string of the molecule is C[C@H]1CCCC[C@]12NC(=O)N(Cc1nnc(-c3cccs3)o1)C2=O. The maximum Gasteiger partial charge on any atom is 0.325 e. The van der Waals surface area contributed by atoms with Gasteiger partial charge in [0.2, 0.25) is 5.89 Å². The third-order valence-corrected chi connectivity index (χ3v) is 5.85. The Hall–Kier alpha value is -2.22. The fourth-order valence-corrected chi connectivity index (χ4v) is 4.24. The van der Waals surface area contributed by atoms with Crippen molar-refractivity contribution < 1.29 is 14.0 Å². The van der Waals surface area contributed by atoms with E-state index in [-0.39, 0.29) is 30.3 Å². The van der Waals surface area contributed by atoms with Crippen molar-refractivity contribution >= 4 is 23.3 Å². The van der Waals surface area contributed by atoms with Crippen LogP contribution >= 0.6 is 11.3 Å². The first-order valence-electron chi connectivity index (χ1n) is 8.10. The van der Waals surface area contributed by atoms with E-state index in [1.807, 2.05) is 24.4 Å². The van der Waals surface area contributed by atoms with Gasteiger partial charge in [0.1, 0.15) is 12.1 Å². The number of carbonyl (C=O) groups excluding carboxylic acids is 2. The molecular formula is C16H18N4O3S. The Morgan fingerprint density at radius 1 is 1.42 bits per heavy atom. The molecule has 0 radical (unpaired) electrons. The first kappa shape index (κ1) is 15.3. The van der Waals surface area contributed by atoms with E-state index in [4.69, 9.17) is 4.42 Å². The van der Waals surface area contributed by atoms with E-state index < -0.39 is 5.54 Å². The first-order chi connectivity index (χ1) is 11.6. The number of hydrogen-bond acceptors (Lipinski definition) is 6. The first-order valence-corrected chi connectivity index (χ1v) is 8.98. The number of urea groups is 1. The fourth-order valence-electron chi connectivity index (χ4n) is 3.59. The summed E-state index contributed by atoms with van der Waals surface area (Å²) in [6.07, 6.45) is 3.69. The summed E-state index contributed by atoms with van der Waals surface area (Å²) >= 11 is 1.49. The highest BCUT2D eigenvalue weighted by molar-refractivity contribution is 7.13. The van der Waals surface area contributed by atoms with Gasteiger partial charge in [-0.3, -0.25) is 9.69 Å². The molecule has 3 amide bonds. The van der Waals surface area contributed by atoms with Crippen molar-refractivity contribution in [1.29, 1.82) is 0 Å². The smallest absolute Gasteiger partial charge is 0.325 e. The summed E-state index contributed by atoms with van der Waals surface area (Å²) in [7, 11) is 0. The van der Waals surface area contributed by atoms with Crippen molar-refractivity contribution in [3.05, 3.63) is 23.4 Å². The number of aromatic nitrogens is 2. The summed E-state index contributed by atoms with van der Waals surface area (Å²) < 4.78 is 5.60. The van der Waals surface area contributed by atoms with Crippen molar-refractivity contribution in [3.8, 4) is 10.8 Å². The molecule has 1 N–H and O–H groups in total. The minimum atomic E-state index is -0.758. The van der Waals surface area contributed by atoms with E-state index in [1.54, 1.807) is 0 Å². The Morgan fingerprint density at radius 3 is 3.04 bits per heavy atom. The van der Waals surface area contributed by atoms with Crippen molar-refractivity contribution in [3.63, 3.8) is 0 Å². The molecule has 8 heteroatoms. The van der Waals surface area contributed by atoms with Gasteiger partial charge in [-0.05, 0) is 30.2 Å². The molecule has 7 nitrogen and oxygen atoms in total. The van der Waals surface area contributed by atoms with Crippen LogP contribution in [0.4, 0.5) is 4.79 Å². The summed E-state index contributed by atoms with van der Waals surface area (Å²) in [5, 5.41) is 12.8. The third-order valence-electron chi connectivity index (χ3n) is 4.99. The molecule has 1 spiro atoms. The summed E-state index contributed by atoms with van der Waals surface area (Å²) in [4.78, 5) is 27.3. The molecule has 1 aliphatic carbocycles. The van der Waals surface area contributed by atoms with Gasteiger partial charge in [0.05, 0.1) is 4.88 Å². The van der Waals surface area contributed by atoms with Crippen LogP contribution in [-0.4, -0.2) is 32.6 Å². The van der Waals surface area contributed by atoms with E-state index in [0.717, 1.165) is 24.1 Å². The lowest BCUT2D eigenvalue weighted by molar-refractivity contribution is -0.134. The fraction of sp³-hybridized carbons (Fsp3) is 0.500. The number of amides is 3. The Kier molecular flexibility index (Phi) is 3.64. The molecule has 1 saturated heterocycles. The molecule has 0 aromatic carbocycles. The van der Waals surface area contributed by atoms with Crippen LogP contribution in [0.25, 0.3) is 10.8 Å². The van der Waals surface area contributed by atoms with Crippen molar-refractivity contribution in [1.82, 2.24) is 20.4 Å². The van der Waals surface area contributed by atoms with Gasteiger partial charge in [-0.2, -0.15) is 0 Å². The summed E-state index contributed by atoms with van der Waals surface area (Å²) in [6.45, 7) is 2.04. The molecule has 2 aliphatic rings. The quantitative estimate of drug-likeness (QED) is 0.863. The molecule has 1 saturated carbocycles. The van der Waals surface area contributed by atoms with Gasteiger partial charge in [-0.25, -0.2) is 4.79 Å². The molecule has 1 aliphatic heterocycles. The van der Waals surface area contributed by atoms with Crippen molar-refractivity contribution in [2.24, 2.45) is 5.92 Å². The lowest BCUT2D eigenvalue weighted by atomic mass is 9.73. The largest absolute Gasteiger partial charge is 0.418 e. The Bertz CT molecular complexity index is 772. The second-order valence-corrected chi connectivity index (χ2v) is 7.37.